The minimum absolute atomic E-state index is 0.962. The van der Waals surface area contributed by atoms with E-state index in [0.717, 1.165) is 22.7 Å². The molecule has 0 saturated heterocycles. The van der Waals surface area contributed by atoms with Crippen LogP contribution in [0.5, 0.6) is 0 Å². The van der Waals surface area contributed by atoms with E-state index in [-0.39, 0.29) is 0 Å². The fraction of sp³-hybridized carbons (Fsp3) is 0.154. The average Bonchev–Trinajstić information content (AvgIpc) is 3.10. The van der Waals surface area contributed by atoms with Crippen molar-refractivity contribution in [2.75, 3.05) is 0 Å². The van der Waals surface area contributed by atoms with Crippen LogP contribution in [0.4, 0.5) is 0 Å². The Hall–Kier alpha value is -2.01. The number of thiazole rings is 1. The number of hydrogen-bond acceptors (Lipinski definition) is 4. The van der Waals surface area contributed by atoms with Gasteiger partial charge in [0.2, 0.25) is 0 Å². The third-order valence-corrected chi connectivity index (χ3v) is 3.58. The second-order valence-electron chi connectivity index (χ2n) is 3.82. The van der Waals surface area contributed by atoms with E-state index < -0.39 is 0 Å². The maximum Gasteiger partial charge on any atom is 0.125 e. The summed E-state index contributed by atoms with van der Waals surface area (Å²) in [4.78, 5) is 6.06. The van der Waals surface area contributed by atoms with Crippen molar-refractivity contribution in [3.8, 4) is 16.3 Å². The molecule has 4 nitrogen and oxygen atoms in total. The molecule has 3 rings (SSSR count). The van der Waals surface area contributed by atoms with Gasteiger partial charge in [-0.3, -0.25) is 0 Å². The van der Waals surface area contributed by atoms with Crippen molar-refractivity contribution in [1.29, 1.82) is 0 Å². The number of nitrogens with zero attached hydrogens (tertiary/aromatic N) is 4. The van der Waals surface area contributed by atoms with Gasteiger partial charge >= 0.3 is 0 Å². The zero-order valence-electron chi connectivity index (χ0n) is 9.95. The van der Waals surface area contributed by atoms with Gasteiger partial charge in [-0.2, -0.15) is 15.0 Å². The van der Waals surface area contributed by atoms with Crippen molar-refractivity contribution in [3.05, 3.63) is 47.7 Å². The van der Waals surface area contributed by atoms with E-state index in [9.17, 15) is 0 Å². The SMILES string of the molecule is CCc1cccc(-n2nccn2)c1-c1nccs1. The molecule has 0 aliphatic carbocycles. The molecule has 1 aromatic carbocycles. The van der Waals surface area contributed by atoms with Crippen molar-refractivity contribution in [2.45, 2.75) is 13.3 Å². The predicted molar refractivity (Wildman–Crippen MR) is 71.8 cm³/mol. The summed E-state index contributed by atoms with van der Waals surface area (Å²) < 4.78 is 0. The molecule has 0 amide bonds. The summed E-state index contributed by atoms with van der Waals surface area (Å²) in [6.45, 7) is 2.15. The summed E-state index contributed by atoms with van der Waals surface area (Å²) in [7, 11) is 0. The largest absolute Gasteiger partial charge is 0.244 e. The zero-order chi connectivity index (χ0) is 12.4. The van der Waals surface area contributed by atoms with Crippen LogP contribution < -0.4 is 0 Å². The third-order valence-electron chi connectivity index (χ3n) is 2.79. The number of aromatic nitrogens is 4. The van der Waals surface area contributed by atoms with Crippen LogP contribution in [0.2, 0.25) is 0 Å². The highest BCUT2D eigenvalue weighted by molar-refractivity contribution is 7.13. The lowest BCUT2D eigenvalue weighted by molar-refractivity contribution is 0.752. The summed E-state index contributed by atoms with van der Waals surface area (Å²) in [5, 5.41) is 11.4. The van der Waals surface area contributed by atoms with Gasteiger partial charge in [0.05, 0.1) is 18.1 Å². The summed E-state index contributed by atoms with van der Waals surface area (Å²) in [6, 6.07) is 6.19. The summed E-state index contributed by atoms with van der Waals surface area (Å²) in [5.41, 5.74) is 3.38. The van der Waals surface area contributed by atoms with Gasteiger partial charge in [0.15, 0.2) is 0 Å². The topological polar surface area (TPSA) is 43.6 Å². The molecule has 3 aromatic rings. The highest BCUT2D eigenvalue weighted by Gasteiger charge is 2.14. The molecule has 0 bridgehead atoms. The first-order valence-corrected chi connectivity index (χ1v) is 6.66. The lowest BCUT2D eigenvalue weighted by Crippen LogP contribution is -2.03. The third kappa shape index (κ3) is 1.82. The second-order valence-corrected chi connectivity index (χ2v) is 4.72. The van der Waals surface area contributed by atoms with Crippen LogP contribution in [0.15, 0.2) is 42.2 Å². The number of hydrogen-bond donors (Lipinski definition) is 0. The van der Waals surface area contributed by atoms with E-state index in [0.29, 0.717) is 0 Å². The van der Waals surface area contributed by atoms with E-state index in [1.807, 2.05) is 23.7 Å². The van der Waals surface area contributed by atoms with Crippen molar-refractivity contribution in [3.63, 3.8) is 0 Å². The Morgan fingerprint density at radius 2 is 2.00 bits per heavy atom. The molecule has 5 heteroatoms. The molecular formula is C13H12N4S. The molecule has 90 valence electrons. The zero-order valence-corrected chi connectivity index (χ0v) is 10.8. The van der Waals surface area contributed by atoms with Crippen molar-refractivity contribution >= 4 is 11.3 Å². The van der Waals surface area contributed by atoms with Gasteiger partial charge in [0.1, 0.15) is 5.01 Å². The summed E-state index contributed by atoms with van der Waals surface area (Å²) in [5.74, 6) is 0. The molecule has 2 heterocycles. The lowest BCUT2D eigenvalue weighted by atomic mass is 10.0. The van der Waals surface area contributed by atoms with Gasteiger partial charge in [-0.05, 0) is 18.1 Å². The maximum absolute atomic E-state index is 4.42. The van der Waals surface area contributed by atoms with Gasteiger partial charge in [0, 0.05) is 17.1 Å². The van der Waals surface area contributed by atoms with Gasteiger partial charge in [-0.25, -0.2) is 4.98 Å². The van der Waals surface area contributed by atoms with E-state index in [2.05, 4.69) is 28.2 Å². The maximum atomic E-state index is 4.42. The Kier molecular flexibility index (Phi) is 2.90. The molecule has 2 aromatic heterocycles. The van der Waals surface area contributed by atoms with Crippen molar-refractivity contribution in [1.82, 2.24) is 20.0 Å². The molecule has 0 atom stereocenters. The highest BCUT2D eigenvalue weighted by Crippen LogP contribution is 2.31. The van der Waals surface area contributed by atoms with E-state index >= 15 is 0 Å². The molecule has 0 N–H and O–H groups in total. The Bertz CT molecular complexity index is 629. The molecular weight excluding hydrogens is 244 g/mol. The van der Waals surface area contributed by atoms with Crippen LogP contribution in [0.25, 0.3) is 16.3 Å². The highest BCUT2D eigenvalue weighted by atomic mass is 32.1. The van der Waals surface area contributed by atoms with Crippen LogP contribution in [-0.4, -0.2) is 20.0 Å². The first-order chi connectivity index (χ1) is 8.90. The number of rotatable bonds is 3. The van der Waals surface area contributed by atoms with E-state index in [1.54, 1.807) is 28.5 Å². The van der Waals surface area contributed by atoms with Crippen LogP contribution in [0.3, 0.4) is 0 Å². The number of aryl methyl sites for hydroxylation is 1. The first-order valence-electron chi connectivity index (χ1n) is 5.78. The minimum atomic E-state index is 0.962. The summed E-state index contributed by atoms with van der Waals surface area (Å²) >= 11 is 1.64. The second kappa shape index (κ2) is 4.70. The van der Waals surface area contributed by atoms with Crippen molar-refractivity contribution < 1.29 is 0 Å². The molecule has 0 radical (unpaired) electrons. The quantitative estimate of drug-likeness (QED) is 0.723. The molecule has 0 fully saturated rings. The molecule has 18 heavy (non-hydrogen) atoms. The average molecular weight is 256 g/mol. The Balaban J connectivity index is 2.26. The first kappa shape index (κ1) is 11.1. The predicted octanol–water partition coefficient (Wildman–Crippen LogP) is 2.95. The van der Waals surface area contributed by atoms with Crippen LogP contribution >= 0.6 is 11.3 Å². The van der Waals surface area contributed by atoms with Gasteiger partial charge in [0.25, 0.3) is 0 Å². The van der Waals surface area contributed by atoms with Crippen molar-refractivity contribution in [2.24, 2.45) is 0 Å². The van der Waals surface area contributed by atoms with E-state index in [4.69, 9.17) is 0 Å². The monoisotopic (exact) mass is 256 g/mol. The van der Waals surface area contributed by atoms with Crippen LogP contribution in [0.1, 0.15) is 12.5 Å². The fourth-order valence-corrected chi connectivity index (χ4v) is 2.71. The van der Waals surface area contributed by atoms with Gasteiger partial charge in [-0.15, -0.1) is 11.3 Å². The number of benzene rings is 1. The molecule has 0 aliphatic heterocycles. The smallest absolute Gasteiger partial charge is 0.125 e. The van der Waals surface area contributed by atoms with Crippen LogP contribution in [0, 0.1) is 0 Å². The summed E-state index contributed by atoms with van der Waals surface area (Å²) in [6.07, 6.45) is 6.16. The van der Waals surface area contributed by atoms with Gasteiger partial charge < -0.3 is 0 Å². The molecule has 0 aliphatic rings. The normalized spacial score (nSPS) is 10.7. The molecule has 0 unspecified atom stereocenters. The van der Waals surface area contributed by atoms with E-state index in [1.165, 1.54) is 5.56 Å². The van der Waals surface area contributed by atoms with Gasteiger partial charge in [-0.1, -0.05) is 19.1 Å². The molecule has 0 saturated carbocycles. The Morgan fingerprint density at radius 1 is 1.17 bits per heavy atom. The Morgan fingerprint density at radius 3 is 2.67 bits per heavy atom. The lowest BCUT2D eigenvalue weighted by Gasteiger charge is -2.10. The van der Waals surface area contributed by atoms with Crippen LogP contribution in [-0.2, 0) is 6.42 Å². The Labute approximate surface area is 109 Å². The standard InChI is InChI=1S/C13H12N4S/c1-2-10-4-3-5-11(17-15-6-7-16-17)12(10)13-14-8-9-18-13/h3-9H,2H2,1H3. The fourth-order valence-electron chi connectivity index (χ4n) is 1.98. The molecule has 0 spiro atoms. The minimum Gasteiger partial charge on any atom is -0.244 e.